The lowest BCUT2D eigenvalue weighted by atomic mass is 10.1. The first-order valence-electron chi connectivity index (χ1n) is 11.2. The predicted molar refractivity (Wildman–Crippen MR) is 126 cm³/mol. The van der Waals surface area contributed by atoms with E-state index in [2.05, 4.69) is 5.32 Å². The zero-order valence-corrected chi connectivity index (χ0v) is 18.2. The number of hydrogen-bond donors (Lipinski definition) is 1. The summed E-state index contributed by atoms with van der Waals surface area (Å²) in [6, 6.07) is 23.9. The van der Waals surface area contributed by atoms with Crippen molar-refractivity contribution in [3.05, 3.63) is 101 Å². The molecule has 1 atom stereocenters. The number of fused-ring (bicyclic) bond motifs is 2. The molecule has 2 aliphatic rings. The molecule has 2 heterocycles. The van der Waals surface area contributed by atoms with Gasteiger partial charge in [-0.2, -0.15) is 0 Å². The molecule has 6 nitrogen and oxygen atoms in total. The lowest BCUT2D eigenvalue weighted by Gasteiger charge is -2.26. The largest absolute Gasteiger partial charge is 0.348 e. The van der Waals surface area contributed by atoms with Crippen molar-refractivity contribution in [2.45, 2.75) is 32.0 Å². The van der Waals surface area contributed by atoms with Gasteiger partial charge in [0.1, 0.15) is 6.04 Å². The van der Waals surface area contributed by atoms with Gasteiger partial charge in [0.2, 0.25) is 5.91 Å². The van der Waals surface area contributed by atoms with Crippen LogP contribution in [0.15, 0.2) is 78.9 Å². The minimum Gasteiger partial charge on any atom is -0.348 e. The van der Waals surface area contributed by atoms with Crippen LogP contribution in [0, 0.1) is 0 Å². The summed E-state index contributed by atoms with van der Waals surface area (Å²) < 4.78 is 0. The summed E-state index contributed by atoms with van der Waals surface area (Å²) in [7, 11) is 0. The number of benzene rings is 3. The van der Waals surface area contributed by atoms with E-state index < -0.39 is 6.04 Å². The standard InChI is InChI=1S/C27H25N3O3/c31-25(28-17-19-8-2-1-3-9-19)21-11-6-10-20(16-21)18-30-23-13-5-4-12-22(23)26(32)29-15-7-14-24(29)27(30)33/h1-6,8-13,16,24H,7,14-15,17-18H2,(H,28,31)/t24-/m0/s1. The van der Waals surface area contributed by atoms with Crippen molar-refractivity contribution < 1.29 is 14.4 Å². The van der Waals surface area contributed by atoms with E-state index in [0.29, 0.717) is 42.9 Å². The Hall–Kier alpha value is -3.93. The maximum Gasteiger partial charge on any atom is 0.256 e. The second-order valence-electron chi connectivity index (χ2n) is 8.47. The molecule has 0 aliphatic carbocycles. The van der Waals surface area contributed by atoms with E-state index >= 15 is 0 Å². The molecule has 1 fully saturated rings. The molecule has 0 aromatic heterocycles. The third-order valence-corrected chi connectivity index (χ3v) is 6.32. The van der Waals surface area contributed by atoms with Crippen LogP contribution in [0.2, 0.25) is 0 Å². The average Bonchev–Trinajstić information content (AvgIpc) is 3.33. The molecule has 2 aliphatic heterocycles. The van der Waals surface area contributed by atoms with Crippen LogP contribution >= 0.6 is 0 Å². The van der Waals surface area contributed by atoms with E-state index in [1.807, 2.05) is 66.7 Å². The lowest BCUT2D eigenvalue weighted by Crippen LogP contribution is -2.44. The van der Waals surface area contributed by atoms with Crippen LogP contribution < -0.4 is 10.2 Å². The number of rotatable bonds is 5. The molecule has 6 heteroatoms. The Morgan fingerprint density at radius 3 is 2.52 bits per heavy atom. The van der Waals surface area contributed by atoms with E-state index in [4.69, 9.17) is 0 Å². The van der Waals surface area contributed by atoms with Crippen LogP contribution in [-0.2, 0) is 17.9 Å². The Balaban J connectivity index is 1.39. The molecule has 3 aromatic rings. The zero-order valence-electron chi connectivity index (χ0n) is 18.2. The zero-order chi connectivity index (χ0) is 22.8. The summed E-state index contributed by atoms with van der Waals surface area (Å²) >= 11 is 0. The van der Waals surface area contributed by atoms with Crippen LogP contribution in [-0.4, -0.2) is 35.2 Å². The molecule has 3 amide bonds. The molecule has 166 valence electrons. The Morgan fingerprint density at radius 2 is 1.67 bits per heavy atom. The van der Waals surface area contributed by atoms with Gasteiger partial charge in [-0.1, -0.05) is 54.6 Å². The highest BCUT2D eigenvalue weighted by Gasteiger charge is 2.41. The molecule has 0 saturated carbocycles. The van der Waals surface area contributed by atoms with Gasteiger partial charge in [-0.25, -0.2) is 0 Å². The van der Waals surface area contributed by atoms with Crippen molar-refractivity contribution >= 4 is 23.4 Å². The summed E-state index contributed by atoms with van der Waals surface area (Å²) in [4.78, 5) is 42.7. The fourth-order valence-corrected chi connectivity index (χ4v) is 4.65. The number of amides is 3. The molecule has 3 aromatic carbocycles. The van der Waals surface area contributed by atoms with Crippen molar-refractivity contribution in [1.29, 1.82) is 0 Å². The first-order valence-corrected chi connectivity index (χ1v) is 11.2. The van der Waals surface area contributed by atoms with Crippen molar-refractivity contribution in [2.75, 3.05) is 11.4 Å². The van der Waals surface area contributed by atoms with Gasteiger partial charge in [0, 0.05) is 18.7 Å². The van der Waals surface area contributed by atoms with Gasteiger partial charge < -0.3 is 15.1 Å². The van der Waals surface area contributed by atoms with Crippen molar-refractivity contribution in [1.82, 2.24) is 10.2 Å². The summed E-state index contributed by atoms with van der Waals surface area (Å²) in [5, 5.41) is 2.95. The molecular weight excluding hydrogens is 414 g/mol. The highest BCUT2D eigenvalue weighted by molar-refractivity contribution is 6.11. The van der Waals surface area contributed by atoms with Gasteiger partial charge in [-0.15, -0.1) is 0 Å². The highest BCUT2D eigenvalue weighted by Crippen LogP contribution is 2.33. The Bertz CT molecular complexity index is 1210. The summed E-state index contributed by atoms with van der Waals surface area (Å²) in [6.45, 7) is 1.35. The van der Waals surface area contributed by atoms with Crippen LogP contribution in [0.25, 0.3) is 0 Å². The smallest absolute Gasteiger partial charge is 0.256 e. The Kier molecular flexibility index (Phi) is 5.65. The van der Waals surface area contributed by atoms with Crippen molar-refractivity contribution in [2.24, 2.45) is 0 Å². The van der Waals surface area contributed by atoms with Gasteiger partial charge in [0.25, 0.3) is 11.8 Å². The minimum atomic E-state index is -0.428. The fraction of sp³-hybridized carbons (Fsp3) is 0.222. The number of nitrogens with zero attached hydrogens (tertiary/aromatic N) is 2. The first kappa shape index (κ1) is 20.9. The molecule has 1 saturated heterocycles. The van der Waals surface area contributed by atoms with E-state index in [0.717, 1.165) is 17.5 Å². The molecule has 33 heavy (non-hydrogen) atoms. The fourth-order valence-electron chi connectivity index (χ4n) is 4.65. The molecule has 0 radical (unpaired) electrons. The summed E-state index contributed by atoms with van der Waals surface area (Å²) in [6.07, 6.45) is 1.51. The van der Waals surface area contributed by atoms with Crippen LogP contribution in [0.5, 0.6) is 0 Å². The predicted octanol–water partition coefficient (Wildman–Crippen LogP) is 3.77. The van der Waals surface area contributed by atoms with E-state index in [9.17, 15) is 14.4 Å². The molecule has 0 spiro atoms. The maximum atomic E-state index is 13.5. The number of nitrogens with one attached hydrogen (secondary N) is 1. The first-order chi connectivity index (χ1) is 16.1. The molecule has 0 bridgehead atoms. The number of hydrogen-bond acceptors (Lipinski definition) is 3. The number of carbonyl (C=O) groups excluding carboxylic acids is 3. The second-order valence-corrected chi connectivity index (χ2v) is 8.47. The topological polar surface area (TPSA) is 69.7 Å². The van der Waals surface area contributed by atoms with Gasteiger partial charge in [0.15, 0.2) is 0 Å². The van der Waals surface area contributed by atoms with Gasteiger partial charge >= 0.3 is 0 Å². The quantitative estimate of drug-likeness (QED) is 0.658. The van der Waals surface area contributed by atoms with Crippen molar-refractivity contribution in [3.8, 4) is 0 Å². The number of carbonyl (C=O) groups is 3. The van der Waals surface area contributed by atoms with E-state index in [1.54, 1.807) is 21.9 Å². The van der Waals surface area contributed by atoms with Crippen molar-refractivity contribution in [3.63, 3.8) is 0 Å². The minimum absolute atomic E-state index is 0.0651. The normalized spacial score (nSPS) is 17.4. The van der Waals surface area contributed by atoms with Crippen LogP contribution in [0.1, 0.15) is 44.7 Å². The maximum absolute atomic E-state index is 13.5. The third kappa shape index (κ3) is 4.12. The molecular formula is C27H25N3O3. The lowest BCUT2D eigenvalue weighted by molar-refractivity contribution is -0.122. The molecule has 1 N–H and O–H groups in total. The van der Waals surface area contributed by atoms with Gasteiger partial charge in [-0.3, -0.25) is 14.4 Å². The molecule has 5 rings (SSSR count). The molecule has 0 unspecified atom stereocenters. The third-order valence-electron chi connectivity index (χ3n) is 6.32. The Labute approximate surface area is 192 Å². The monoisotopic (exact) mass is 439 g/mol. The summed E-state index contributed by atoms with van der Waals surface area (Å²) in [5.74, 6) is -0.317. The van der Waals surface area contributed by atoms with E-state index in [1.165, 1.54) is 0 Å². The number of para-hydroxylation sites is 1. The highest BCUT2D eigenvalue weighted by atomic mass is 16.2. The summed E-state index contributed by atoms with van der Waals surface area (Å²) in [5.41, 5.74) is 3.58. The number of anilines is 1. The SMILES string of the molecule is O=C(NCc1ccccc1)c1cccc(CN2C(=O)[C@@H]3CCCN3C(=O)c3ccccc32)c1. The van der Waals surface area contributed by atoms with Crippen LogP contribution in [0.3, 0.4) is 0 Å². The van der Waals surface area contributed by atoms with Gasteiger partial charge in [-0.05, 0) is 48.2 Å². The second kappa shape index (κ2) is 8.90. The van der Waals surface area contributed by atoms with Gasteiger partial charge in [0.05, 0.1) is 17.8 Å². The van der Waals surface area contributed by atoms with Crippen LogP contribution in [0.4, 0.5) is 5.69 Å². The Morgan fingerprint density at radius 1 is 0.909 bits per heavy atom. The van der Waals surface area contributed by atoms with E-state index in [-0.39, 0.29) is 17.7 Å². The average molecular weight is 440 g/mol.